The van der Waals surface area contributed by atoms with E-state index in [0.717, 1.165) is 44.9 Å². The molecule has 4 rings (SSSR count). The highest BCUT2D eigenvalue weighted by Gasteiger charge is 2.59. The van der Waals surface area contributed by atoms with Gasteiger partial charge in [0.15, 0.2) is 5.78 Å². The van der Waals surface area contributed by atoms with E-state index in [1.807, 2.05) is 12.3 Å². The molecule has 0 bridgehead atoms. The molecule has 7 atom stereocenters. The van der Waals surface area contributed by atoms with Crippen LogP contribution in [0.4, 0.5) is 0 Å². The molecule has 8 heteroatoms. The Hall–Kier alpha value is -1.83. The molecule has 0 saturated heterocycles. The Morgan fingerprint density at radius 1 is 1.11 bits per heavy atom. The van der Waals surface area contributed by atoms with Gasteiger partial charge in [0.25, 0.3) is 0 Å². The van der Waals surface area contributed by atoms with Gasteiger partial charge in [0.05, 0.1) is 6.42 Å². The molecule has 0 aromatic heterocycles. The number of ketones is 1. The predicted octanol–water partition coefficient (Wildman–Crippen LogP) is 4.53. The number of aliphatic carboxylic acids is 1. The zero-order valence-corrected chi connectivity index (χ0v) is 22.7. The number of rotatable bonds is 9. The van der Waals surface area contributed by atoms with Crippen molar-refractivity contribution in [2.24, 2.45) is 28.6 Å². The molecule has 1 amide bonds. The standard InChI is InChI=1S/C28H41NO6S/c1-27-13-10-18(30)16-17(27)4-5-19-20-6-7-23(28(20,2)14-11-21(19)27)35-25(32)9-8-24(31)29-22(26(33)34)12-15-36-3/h16,19-23H,4-15H2,1-3H3,(H,29,31)(H,33,34)/t19-,20-,21-,22+,23-,27-,28-/m0/s1. The Labute approximate surface area is 218 Å². The zero-order chi connectivity index (χ0) is 26.1. The fourth-order valence-electron chi connectivity index (χ4n) is 7.90. The molecule has 0 radical (unpaired) electrons. The molecule has 0 heterocycles. The number of nitrogens with one attached hydrogen (secondary N) is 1. The van der Waals surface area contributed by atoms with E-state index in [1.165, 1.54) is 17.3 Å². The van der Waals surface area contributed by atoms with E-state index in [0.29, 0.717) is 36.3 Å². The minimum atomic E-state index is -1.06. The quantitative estimate of drug-likeness (QED) is 0.431. The zero-order valence-electron chi connectivity index (χ0n) is 21.8. The Morgan fingerprint density at radius 3 is 2.61 bits per heavy atom. The summed E-state index contributed by atoms with van der Waals surface area (Å²) in [6.45, 7) is 4.66. The average Bonchev–Trinajstić information content (AvgIpc) is 3.16. The van der Waals surface area contributed by atoms with Crippen LogP contribution < -0.4 is 5.32 Å². The van der Waals surface area contributed by atoms with E-state index in [2.05, 4.69) is 19.2 Å². The molecule has 3 saturated carbocycles. The largest absolute Gasteiger partial charge is 0.480 e. The third-order valence-electron chi connectivity index (χ3n) is 9.95. The molecular formula is C28H41NO6S. The van der Waals surface area contributed by atoms with Crippen molar-refractivity contribution in [2.75, 3.05) is 12.0 Å². The maximum Gasteiger partial charge on any atom is 0.326 e. The Balaban J connectivity index is 1.32. The van der Waals surface area contributed by atoms with Crippen molar-refractivity contribution in [2.45, 2.75) is 96.6 Å². The van der Waals surface area contributed by atoms with Crippen LogP contribution >= 0.6 is 11.8 Å². The first kappa shape index (κ1) is 27.2. The van der Waals surface area contributed by atoms with Crippen LogP contribution in [-0.4, -0.2) is 52.9 Å². The summed E-state index contributed by atoms with van der Waals surface area (Å²) >= 11 is 1.53. The highest BCUT2D eigenvalue weighted by atomic mass is 32.2. The lowest BCUT2D eigenvalue weighted by Crippen LogP contribution is -2.51. The van der Waals surface area contributed by atoms with Crippen LogP contribution in [-0.2, 0) is 23.9 Å². The number of amides is 1. The molecule has 4 aliphatic rings. The Bertz CT molecular complexity index is 933. The second-order valence-corrected chi connectivity index (χ2v) is 12.8. The highest BCUT2D eigenvalue weighted by Crippen LogP contribution is 2.65. The second kappa shape index (κ2) is 10.9. The van der Waals surface area contributed by atoms with E-state index in [-0.39, 0.29) is 41.5 Å². The maximum absolute atomic E-state index is 12.7. The number of esters is 1. The lowest BCUT2D eigenvalue weighted by atomic mass is 9.47. The van der Waals surface area contributed by atoms with Crippen LogP contribution in [0, 0.1) is 28.6 Å². The monoisotopic (exact) mass is 519 g/mol. The van der Waals surface area contributed by atoms with Crippen LogP contribution in [0.25, 0.3) is 0 Å². The molecule has 2 N–H and O–H groups in total. The SMILES string of the molecule is CSCC[C@@H](NC(=O)CCC(=O)O[C@H]1CC[C@H]2[C@@H]3CCC4=CC(=O)CC[C@]4(C)[C@H]3CC[C@]12C)C(=O)O. The summed E-state index contributed by atoms with van der Waals surface area (Å²) < 4.78 is 5.98. The van der Waals surface area contributed by atoms with Gasteiger partial charge in [0.1, 0.15) is 12.1 Å². The van der Waals surface area contributed by atoms with Gasteiger partial charge < -0.3 is 15.2 Å². The minimum Gasteiger partial charge on any atom is -0.480 e. The summed E-state index contributed by atoms with van der Waals surface area (Å²) in [5.74, 6) is 0.765. The van der Waals surface area contributed by atoms with Crippen molar-refractivity contribution in [3.05, 3.63) is 11.6 Å². The molecule has 200 valence electrons. The molecule has 0 spiro atoms. The number of thioether (sulfide) groups is 1. The van der Waals surface area contributed by atoms with Gasteiger partial charge in [-0.05, 0) is 92.6 Å². The number of ether oxygens (including phenoxy) is 1. The van der Waals surface area contributed by atoms with Gasteiger partial charge in [-0.25, -0.2) is 4.79 Å². The number of allylic oxidation sites excluding steroid dienone is 1. The first-order valence-corrected chi connectivity index (χ1v) is 14.9. The van der Waals surface area contributed by atoms with Crippen LogP contribution in [0.5, 0.6) is 0 Å². The average molecular weight is 520 g/mol. The lowest BCUT2D eigenvalue weighted by molar-refractivity contribution is -0.160. The smallest absolute Gasteiger partial charge is 0.326 e. The van der Waals surface area contributed by atoms with Gasteiger partial charge >= 0.3 is 11.9 Å². The van der Waals surface area contributed by atoms with Gasteiger partial charge in [-0.1, -0.05) is 19.4 Å². The van der Waals surface area contributed by atoms with E-state index in [4.69, 9.17) is 4.74 Å². The summed E-state index contributed by atoms with van der Waals surface area (Å²) in [5, 5.41) is 11.8. The van der Waals surface area contributed by atoms with Crippen LogP contribution in [0.3, 0.4) is 0 Å². The van der Waals surface area contributed by atoms with Crippen molar-refractivity contribution >= 4 is 35.4 Å². The molecule has 0 aliphatic heterocycles. The van der Waals surface area contributed by atoms with E-state index >= 15 is 0 Å². The molecule has 0 aromatic rings. The normalized spacial score (nSPS) is 36.1. The van der Waals surface area contributed by atoms with E-state index < -0.39 is 17.9 Å². The third-order valence-corrected chi connectivity index (χ3v) is 10.6. The summed E-state index contributed by atoms with van der Waals surface area (Å²) in [7, 11) is 0. The van der Waals surface area contributed by atoms with Crippen molar-refractivity contribution in [1.29, 1.82) is 0 Å². The molecule has 4 aliphatic carbocycles. The summed E-state index contributed by atoms with van der Waals surface area (Å²) in [6, 6.07) is -0.930. The Kier molecular flexibility index (Phi) is 8.22. The number of carbonyl (C=O) groups is 4. The molecule has 36 heavy (non-hydrogen) atoms. The van der Waals surface area contributed by atoms with E-state index in [1.54, 1.807) is 0 Å². The topological polar surface area (TPSA) is 110 Å². The first-order valence-electron chi connectivity index (χ1n) is 13.5. The fourth-order valence-corrected chi connectivity index (χ4v) is 8.37. The summed E-state index contributed by atoms with van der Waals surface area (Å²) in [5.41, 5.74) is 1.44. The molecule has 3 fully saturated rings. The summed E-state index contributed by atoms with van der Waals surface area (Å²) in [6.07, 6.45) is 11.7. The molecular weight excluding hydrogens is 478 g/mol. The van der Waals surface area contributed by atoms with Crippen LogP contribution in [0.15, 0.2) is 11.6 Å². The van der Waals surface area contributed by atoms with Crippen molar-refractivity contribution < 1.29 is 29.0 Å². The second-order valence-electron chi connectivity index (χ2n) is 11.8. The molecule has 7 nitrogen and oxygen atoms in total. The fraction of sp³-hybridized carbons (Fsp3) is 0.786. The third kappa shape index (κ3) is 5.25. The van der Waals surface area contributed by atoms with Crippen LogP contribution in [0.1, 0.15) is 84.5 Å². The molecule has 0 unspecified atom stereocenters. The van der Waals surface area contributed by atoms with Gasteiger partial charge in [-0.15, -0.1) is 0 Å². The lowest BCUT2D eigenvalue weighted by Gasteiger charge is -2.57. The minimum absolute atomic E-state index is 0.0374. The van der Waals surface area contributed by atoms with Gasteiger partial charge in [-0.2, -0.15) is 11.8 Å². The predicted molar refractivity (Wildman–Crippen MR) is 138 cm³/mol. The van der Waals surface area contributed by atoms with Gasteiger partial charge in [0, 0.05) is 18.3 Å². The highest BCUT2D eigenvalue weighted by molar-refractivity contribution is 7.98. The van der Waals surface area contributed by atoms with E-state index in [9.17, 15) is 24.3 Å². The Morgan fingerprint density at radius 2 is 1.89 bits per heavy atom. The van der Waals surface area contributed by atoms with Crippen molar-refractivity contribution in [1.82, 2.24) is 5.32 Å². The maximum atomic E-state index is 12.7. The number of carbonyl (C=O) groups excluding carboxylic acids is 3. The number of fused-ring (bicyclic) bond motifs is 5. The number of hydrogen-bond acceptors (Lipinski definition) is 6. The van der Waals surface area contributed by atoms with Crippen molar-refractivity contribution in [3.63, 3.8) is 0 Å². The van der Waals surface area contributed by atoms with Gasteiger partial charge in [-0.3, -0.25) is 14.4 Å². The number of carboxylic acids is 1. The first-order chi connectivity index (χ1) is 17.1. The van der Waals surface area contributed by atoms with Crippen molar-refractivity contribution in [3.8, 4) is 0 Å². The van der Waals surface area contributed by atoms with Crippen LogP contribution in [0.2, 0.25) is 0 Å². The number of carboxylic acid groups (broad SMARTS) is 1. The number of hydrogen-bond donors (Lipinski definition) is 2. The molecule has 0 aromatic carbocycles. The summed E-state index contributed by atoms with van der Waals surface area (Å²) in [4.78, 5) is 48.4. The van der Waals surface area contributed by atoms with Gasteiger partial charge in [0.2, 0.25) is 5.91 Å².